The van der Waals surface area contributed by atoms with Gasteiger partial charge in [0.2, 0.25) is 0 Å². The fourth-order valence-electron chi connectivity index (χ4n) is 3.05. The standard InChI is InChI=1S/C21H23NO2/c22-21(14-19-7-4-12-24-19)20(18-5-2-1-3-6-18)13-16-8-10-17(15-23)11-9-16/h1-12,20-21,23H,13-15,22H2. The van der Waals surface area contributed by atoms with Crippen LogP contribution < -0.4 is 5.73 Å². The number of nitrogens with two attached hydrogens (primary N) is 1. The Balaban J connectivity index is 1.81. The van der Waals surface area contributed by atoms with Gasteiger partial charge in [0, 0.05) is 18.4 Å². The summed E-state index contributed by atoms with van der Waals surface area (Å²) < 4.78 is 5.46. The average Bonchev–Trinajstić information content (AvgIpc) is 3.14. The summed E-state index contributed by atoms with van der Waals surface area (Å²) >= 11 is 0. The molecule has 1 aromatic heterocycles. The number of hydrogen-bond acceptors (Lipinski definition) is 3. The van der Waals surface area contributed by atoms with E-state index in [1.54, 1.807) is 6.26 Å². The molecule has 0 fully saturated rings. The minimum atomic E-state index is -0.0314. The number of rotatable bonds is 7. The Bertz CT molecular complexity index is 720. The van der Waals surface area contributed by atoms with Crippen LogP contribution in [0.15, 0.2) is 77.4 Å². The highest BCUT2D eigenvalue weighted by Gasteiger charge is 2.21. The van der Waals surface area contributed by atoms with Crippen LogP contribution in [-0.4, -0.2) is 11.1 Å². The van der Waals surface area contributed by atoms with Crippen LogP contribution >= 0.6 is 0 Å². The molecule has 3 N–H and O–H groups in total. The zero-order valence-electron chi connectivity index (χ0n) is 13.6. The second-order valence-electron chi connectivity index (χ2n) is 6.14. The lowest BCUT2D eigenvalue weighted by Gasteiger charge is -2.24. The van der Waals surface area contributed by atoms with Gasteiger partial charge in [0.25, 0.3) is 0 Å². The molecule has 0 bridgehead atoms. The molecular weight excluding hydrogens is 298 g/mol. The molecule has 1 heterocycles. The summed E-state index contributed by atoms with van der Waals surface area (Å²) in [5, 5.41) is 9.19. The van der Waals surface area contributed by atoms with Gasteiger partial charge >= 0.3 is 0 Å². The topological polar surface area (TPSA) is 59.4 Å². The number of hydrogen-bond donors (Lipinski definition) is 2. The summed E-state index contributed by atoms with van der Waals surface area (Å²) in [6, 6.07) is 22.3. The number of furan rings is 1. The van der Waals surface area contributed by atoms with Crippen LogP contribution in [0.2, 0.25) is 0 Å². The SMILES string of the molecule is NC(Cc1ccco1)C(Cc1ccc(CO)cc1)c1ccccc1. The van der Waals surface area contributed by atoms with Crippen molar-refractivity contribution in [2.24, 2.45) is 5.73 Å². The molecule has 0 radical (unpaired) electrons. The Morgan fingerprint density at radius 1 is 0.833 bits per heavy atom. The quantitative estimate of drug-likeness (QED) is 0.698. The van der Waals surface area contributed by atoms with Gasteiger partial charge in [-0.25, -0.2) is 0 Å². The summed E-state index contributed by atoms with van der Waals surface area (Å²) in [5.41, 5.74) is 9.93. The summed E-state index contributed by atoms with van der Waals surface area (Å²) in [4.78, 5) is 0. The fraction of sp³-hybridized carbons (Fsp3) is 0.238. The lowest BCUT2D eigenvalue weighted by molar-refractivity contribution is 0.282. The maximum absolute atomic E-state index is 9.19. The summed E-state index contributed by atoms with van der Waals surface area (Å²) in [7, 11) is 0. The van der Waals surface area contributed by atoms with Crippen LogP contribution in [0, 0.1) is 0 Å². The molecule has 3 nitrogen and oxygen atoms in total. The van der Waals surface area contributed by atoms with Crippen LogP contribution in [0.5, 0.6) is 0 Å². The third kappa shape index (κ3) is 4.13. The largest absolute Gasteiger partial charge is 0.469 e. The lowest BCUT2D eigenvalue weighted by Crippen LogP contribution is -2.32. The van der Waals surface area contributed by atoms with Gasteiger partial charge in [-0.3, -0.25) is 0 Å². The Labute approximate surface area is 142 Å². The molecular formula is C21H23NO2. The number of aliphatic hydroxyl groups is 1. The number of benzene rings is 2. The second kappa shape index (κ2) is 7.95. The average molecular weight is 321 g/mol. The maximum Gasteiger partial charge on any atom is 0.105 e. The molecule has 2 unspecified atom stereocenters. The molecule has 0 aliphatic heterocycles. The first-order valence-corrected chi connectivity index (χ1v) is 8.28. The van der Waals surface area contributed by atoms with Crippen molar-refractivity contribution in [1.29, 1.82) is 0 Å². The van der Waals surface area contributed by atoms with E-state index in [0.29, 0.717) is 6.42 Å². The molecule has 2 atom stereocenters. The second-order valence-corrected chi connectivity index (χ2v) is 6.14. The van der Waals surface area contributed by atoms with Crippen LogP contribution in [0.3, 0.4) is 0 Å². The van der Waals surface area contributed by atoms with Crippen molar-refractivity contribution in [2.75, 3.05) is 0 Å². The van der Waals surface area contributed by atoms with Gasteiger partial charge in [-0.15, -0.1) is 0 Å². The predicted molar refractivity (Wildman–Crippen MR) is 95.6 cm³/mol. The van der Waals surface area contributed by atoms with Crippen molar-refractivity contribution in [1.82, 2.24) is 0 Å². The van der Waals surface area contributed by atoms with Crippen LogP contribution in [0.1, 0.15) is 28.4 Å². The first-order valence-electron chi connectivity index (χ1n) is 8.28. The van der Waals surface area contributed by atoms with Crippen LogP contribution in [0.25, 0.3) is 0 Å². The highest BCUT2D eigenvalue weighted by Crippen LogP contribution is 2.26. The van der Waals surface area contributed by atoms with E-state index in [1.165, 1.54) is 11.1 Å². The van der Waals surface area contributed by atoms with Crippen LogP contribution in [0.4, 0.5) is 0 Å². The predicted octanol–water partition coefficient (Wildman–Crippen LogP) is 3.67. The van der Waals surface area contributed by atoms with Crippen molar-refractivity contribution in [2.45, 2.75) is 31.4 Å². The van der Waals surface area contributed by atoms with Crippen molar-refractivity contribution in [3.05, 3.63) is 95.4 Å². The van der Waals surface area contributed by atoms with E-state index in [-0.39, 0.29) is 18.6 Å². The summed E-state index contributed by atoms with van der Waals surface area (Å²) in [6.07, 6.45) is 3.26. The highest BCUT2D eigenvalue weighted by atomic mass is 16.3. The molecule has 2 aromatic carbocycles. The van der Waals surface area contributed by atoms with Crippen molar-refractivity contribution < 1.29 is 9.52 Å². The third-order valence-corrected chi connectivity index (χ3v) is 4.42. The minimum Gasteiger partial charge on any atom is -0.469 e. The zero-order chi connectivity index (χ0) is 16.8. The van der Waals surface area contributed by atoms with E-state index in [2.05, 4.69) is 36.4 Å². The van der Waals surface area contributed by atoms with Crippen molar-refractivity contribution in [3.63, 3.8) is 0 Å². The van der Waals surface area contributed by atoms with Gasteiger partial charge < -0.3 is 15.3 Å². The molecule has 0 saturated heterocycles. The Morgan fingerprint density at radius 2 is 1.54 bits per heavy atom. The maximum atomic E-state index is 9.19. The van der Waals surface area contributed by atoms with Gasteiger partial charge in [-0.1, -0.05) is 54.6 Å². The Morgan fingerprint density at radius 3 is 2.17 bits per heavy atom. The van der Waals surface area contributed by atoms with E-state index < -0.39 is 0 Å². The van der Waals surface area contributed by atoms with E-state index in [9.17, 15) is 5.11 Å². The third-order valence-electron chi connectivity index (χ3n) is 4.42. The molecule has 3 heteroatoms. The highest BCUT2D eigenvalue weighted by molar-refractivity contribution is 5.28. The fourth-order valence-corrected chi connectivity index (χ4v) is 3.05. The molecule has 3 rings (SSSR count). The first kappa shape index (κ1) is 16.5. The van der Waals surface area contributed by atoms with E-state index in [0.717, 1.165) is 17.7 Å². The zero-order valence-corrected chi connectivity index (χ0v) is 13.6. The molecule has 0 saturated carbocycles. The smallest absolute Gasteiger partial charge is 0.105 e. The monoisotopic (exact) mass is 321 g/mol. The van der Waals surface area contributed by atoms with Crippen molar-refractivity contribution >= 4 is 0 Å². The van der Waals surface area contributed by atoms with Gasteiger partial charge in [0.1, 0.15) is 5.76 Å². The van der Waals surface area contributed by atoms with Gasteiger partial charge in [-0.05, 0) is 35.2 Å². The van der Waals surface area contributed by atoms with Gasteiger partial charge in [0.15, 0.2) is 0 Å². The Kier molecular flexibility index (Phi) is 5.47. The van der Waals surface area contributed by atoms with E-state index >= 15 is 0 Å². The molecule has 0 amide bonds. The van der Waals surface area contributed by atoms with Gasteiger partial charge in [-0.2, -0.15) is 0 Å². The summed E-state index contributed by atoms with van der Waals surface area (Å²) in [5.74, 6) is 1.12. The number of aliphatic hydroxyl groups excluding tert-OH is 1. The minimum absolute atomic E-state index is 0.0314. The molecule has 24 heavy (non-hydrogen) atoms. The van der Waals surface area contributed by atoms with E-state index in [1.807, 2.05) is 30.3 Å². The van der Waals surface area contributed by atoms with Gasteiger partial charge in [0.05, 0.1) is 12.9 Å². The van der Waals surface area contributed by atoms with Crippen LogP contribution in [-0.2, 0) is 19.4 Å². The Hall–Kier alpha value is -2.36. The molecule has 0 spiro atoms. The lowest BCUT2D eigenvalue weighted by atomic mass is 9.84. The molecule has 124 valence electrons. The van der Waals surface area contributed by atoms with E-state index in [4.69, 9.17) is 10.2 Å². The molecule has 0 aliphatic carbocycles. The molecule has 3 aromatic rings. The molecule has 0 aliphatic rings. The summed E-state index contributed by atoms with van der Waals surface area (Å²) in [6.45, 7) is 0.0698. The normalized spacial score (nSPS) is 13.6. The first-order chi connectivity index (χ1) is 11.8. The van der Waals surface area contributed by atoms with Crippen molar-refractivity contribution in [3.8, 4) is 0 Å².